The molecule has 2 aliphatic heterocycles. The highest BCUT2D eigenvalue weighted by atomic mass is 16.7. The highest BCUT2D eigenvalue weighted by Crippen LogP contribution is 2.34. The summed E-state index contributed by atoms with van der Waals surface area (Å²) in [5.41, 5.74) is 0.985. The van der Waals surface area contributed by atoms with E-state index in [2.05, 4.69) is 10.6 Å². The second-order valence-corrected chi connectivity index (χ2v) is 4.92. The van der Waals surface area contributed by atoms with Gasteiger partial charge in [-0.2, -0.15) is 0 Å². The van der Waals surface area contributed by atoms with E-state index in [0.29, 0.717) is 19.8 Å². The molecule has 20 heavy (non-hydrogen) atoms. The Morgan fingerprint density at radius 2 is 2.25 bits per heavy atom. The van der Waals surface area contributed by atoms with Crippen LogP contribution >= 0.6 is 0 Å². The van der Waals surface area contributed by atoms with Gasteiger partial charge < -0.3 is 24.8 Å². The summed E-state index contributed by atoms with van der Waals surface area (Å²) in [5, 5.41) is 6.11. The van der Waals surface area contributed by atoms with E-state index in [4.69, 9.17) is 14.2 Å². The van der Waals surface area contributed by atoms with Gasteiger partial charge in [0.05, 0.1) is 19.3 Å². The summed E-state index contributed by atoms with van der Waals surface area (Å²) in [7, 11) is 0. The third-order valence-electron chi connectivity index (χ3n) is 3.49. The lowest BCUT2D eigenvalue weighted by molar-refractivity contribution is -0.126. The molecule has 0 saturated carbocycles. The van der Waals surface area contributed by atoms with Crippen LogP contribution < -0.4 is 20.1 Å². The first-order chi connectivity index (χ1) is 9.74. The topological polar surface area (TPSA) is 68.8 Å². The molecule has 6 heteroatoms. The van der Waals surface area contributed by atoms with E-state index in [1.807, 2.05) is 25.1 Å². The fourth-order valence-corrected chi connectivity index (χ4v) is 2.31. The average molecular weight is 278 g/mol. The minimum Gasteiger partial charge on any atom is -0.454 e. The molecule has 2 heterocycles. The number of nitrogens with one attached hydrogen (secondary N) is 2. The molecule has 0 aromatic heterocycles. The standard InChI is InChI=1S/C14H18N2O4/c1-9(16-14(17)11-7-18-5-4-15-11)10-2-3-12-13(6-10)20-8-19-12/h2-3,6,9,11,15H,4-5,7-8H2,1H3,(H,16,17). The van der Waals surface area contributed by atoms with Crippen molar-refractivity contribution in [1.82, 2.24) is 10.6 Å². The van der Waals surface area contributed by atoms with Crippen LogP contribution in [0, 0.1) is 0 Å². The Hall–Kier alpha value is -1.79. The normalized spacial score (nSPS) is 22.4. The van der Waals surface area contributed by atoms with Crippen LogP contribution in [0.1, 0.15) is 18.5 Å². The molecule has 0 aliphatic carbocycles. The van der Waals surface area contributed by atoms with E-state index >= 15 is 0 Å². The lowest BCUT2D eigenvalue weighted by Crippen LogP contribution is -2.51. The van der Waals surface area contributed by atoms with Gasteiger partial charge in [0.15, 0.2) is 11.5 Å². The van der Waals surface area contributed by atoms with E-state index in [0.717, 1.165) is 17.1 Å². The Balaban J connectivity index is 1.63. The molecule has 0 spiro atoms. The van der Waals surface area contributed by atoms with Gasteiger partial charge >= 0.3 is 0 Å². The number of amides is 1. The van der Waals surface area contributed by atoms with Gasteiger partial charge in [0.25, 0.3) is 0 Å². The third-order valence-corrected chi connectivity index (χ3v) is 3.49. The van der Waals surface area contributed by atoms with Crippen LogP contribution in [0.15, 0.2) is 18.2 Å². The van der Waals surface area contributed by atoms with Gasteiger partial charge in [0.2, 0.25) is 12.7 Å². The molecule has 0 radical (unpaired) electrons. The number of rotatable bonds is 3. The molecule has 1 amide bonds. The molecule has 2 N–H and O–H groups in total. The number of morpholine rings is 1. The maximum Gasteiger partial charge on any atom is 0.240 e. The number of carbonyl (C=O) groups is 1. The van der Waals surface area contributed by atoms with Crippen LogP contribution in [-0.2, 0) is 9.53 Å². The molecular weight excluding hydrogens is 260 g/mol. The molecule has 1 fully saturated rings. The summed E-state index contributed by atoms with van der Waals surface area (Å²) >= 11 is 0. The zero-order chi connectivity index (χ0) is 13.9. The predicted octanol–water partition coefficient (Wildman–Crippen LogP) is 0.581. The number of fused-ring (bicyclic) bond motifs is 1. The van der Waals surface area contributed by atoms with Gasteiger partial charge in [-0.05, 0) is 24.6 Å². The molecule has 1 saturated heterocycles. The van der Waals surface area contributed by atoms with Crippen LogP contribution in [0.5, 0.6) is 11.5 Å². The lowest BCUT2D eigenvalue weighted by atomic mass is 10.1. The van der Waals surface area contributed by atoms with Crippen molar-refractivity contribution < 1.29 is 19.0 Å². The Morgan fingerprint density at radius 3 is 3.05 bits per heavy atom. The number of ether oxygens (including phenoxy) is 3. The van der Waals surface area contributed by atoms with Crippen LogP contribution in [0.25, 0.3) is 0 Å². The van der Waals surface area contributed by atoms with E-state index in [1.54, 1.807) is 0 Å². The van der Waals surface area contributed by atoms with Crippen molar-refractivity contribution in [2.45, 2.75) is 19.0 Å². The van der Waals surface area contributed by atoms with E-state index in [1.165, 1.54) is 0 Å². The molecule has 1 aromatic carbocycles. The number of hydrogen-bond acceptors (Lipinski definition) is 5. The van der Waals surface area contributed by atoms with E-state index < -0.39 is 0 Å². The Labute approximate surface area is 117 Å². The van der Waals surface area contributed by atoms with Crippen LogP contribution in [0.4, 0.5) is 0 Å². The first kappa shape index (κ1) is 13.2. The fraction of sp³-hybridized carbons (Fsp3) is 0.500. The lowest BCUT2D eigenvalue weighted by Gasteiger charge is -2.25. The van der Waals surface area contributed by atoms with Crippen molar-refractivity contribution >= 4 is 5.91 Å². The monoisotopic (exact) mass is 278 g/mol. The van der Waals surface area contributed by atoms with Crippen molar-refractivity contribution in [3.05, 3.63) is 23.8 Å². The average Bonchev–Trinajstić information content (AvgIpc) is 2.95. The zero-order valence-electron chi connectivity index (χ0n) is 11.3. The van der Waals surface area contributed by atoms with E-state index in [-0.39, 0.29) is 24.8 Å². The van der Waals surface area contributed by atoms with Crippen molar-refractivity contribution in [2.24, 2.45) is 0 Å². The SMILES string of the molecule is CC(NC(=O)C1COCCN1)c1ccc2c(c1)OCO2. The predicted molar refractivity (Wildman–Crippen MR) is 71.7 cm³/mol. The molecule has 6 nitrogen and oxygen atoms in total. The molecule has 2 aliphatic rings. The third kappa shape index (κ3) is 2.71. The van der Waals surface area contributed by atoms with Gasteiger partial charge in [-0.25, -0.2) is 0 Å². The highest BCUT2D eigenvalue weighted by Gasteiger charge is 2.23. The largest absolute Gasteiger partial charge is 0.454 e. The van der Waals surface area contributed by atoms with Crippen LogP contribution in [0.3, 0.4) is 0 Å². The minimum absolute atomic E-state index is 0.0464. The Bertz CT molecular complexity index is 500. The first-order valence-electron chi connectivity index (χ1n) is 6.75. The van der Waals surface area contributed by atoms with Gasteiger partial charge in [-0.15, -0.1) is 0 Å². The summed E-state index contributed by atoms with van der Waals surface area (Å²) in [6, 6.07) is 5.32. The maximum atomic E-state index is 12.1. The fourth-order valence-electron chi connectivity index (χ4n) is 2.31. The molecule has 108 valence electrons. The quantitative estimate of drug-likeness (QED) is 0.846. The summed E-state index contributed by atoms with van der Waals surface area (Å²) in [5.74, 6) is 1.42. The van der Waals surface area contributed by atoms with E-state index in [9.17, 15) is 4.79 Å². The van der Waals surface area contributed by atoms with Gasteiger partial charge in [-0.3, -0.25) is 4.79 Å². The smallest absolute Gasteiger partial charge is 0.240 e. The van der Waals surface area contributed by atoms with Crippen molar-refractivity contribution in [1.29, 1.82) is 0 Å². The molecule has 0 bridgehead atoms. The summed E-state index contributed by atoms with van der Waals surface area (Å²) in [6.45, 7) is 3.97. The molecule has 1 aromatic rings. The van der Waals surface area contributed by atoms with Gasteiger partial charge in [0.1, 0.15) is 6.04 Å². The van der Waals surface area contributed by atoms with Crippen molar-refractivity contribution in [3.63, 3.8) is 0 Å². The second-order valence-electron chi connectivity index (χ2n) is 4.92. The molecule has 3 rings (SSSR count). The summed E-state index contributed by atoms with van der Waals surface area (Å²) in [6.07, 6.45) is 0. The number of benzene rings is 1. The molecular formula is C14H18N2O4. The molecule has 2 atom stereocenters. The minimum atomic E-state index is -0.278. The van der Waals surface area contributed by atoms with Crippen molar-refractivity contribution in [3.8, 4) is 11.5 Å². The number of carbonyl (C=O) groups excluding carboxylic acids is 1. The van der Waals surface area contributed by atoms with Gasteiger partial charge in [-0.1, -0.05) is 6.07 Å². The molecule has 2 unspecified atom stereocenters. The maximum absolute atomic E-state index is 12.1. The van der Waals surface area contributed by atoms with Gasteiger partial charge in [0, 0.05) is 6.54 Å². The summed E-state index contributed by atoms with van der Waals surface area (Å²) < 4.78 is 15.9. The second kappa shape index (κ2) is 5.68. The van der Waals surface area contributed by atoms with Crippen LogP contribution in [0.2, 0.25) is 0 Å². The number of hydrogen-bond donors (Lipinski definition) is 2. The Kier molecular flexibility index (Phi) is 3.75. The Morgan fingerprint density at radius 1 is 1.40 bits per heavy atom. The zero-order valence-corrected chi connectivity index (χ0v) is 11.3. The summed E-state index contributed by atoms with van der Waals surface area (Å²) in [4.78, 5) is 12.1. The first-order valence-corrected chi connectivity index (χ1v) is 6.75. The van der Waals surface area contributed by atoms with Crippen molar-refractivity contribution in [2.75, 3.05) is 26.6 Å². The van der Waals surface area contributed by atoms with Crippen LogP contribution in [-0.4, -0.2) is 38.5 Å². The highest BCUT2D eigenvalue weighted by molar-refractivity contribution is 5.82.